The number of amidine groups is 1. The van der Waals surface area contributed by atoms with Crippen molar-refractivity contribution in [3.63, 3.8) is 0 Å². The number of thioether (sulfide) groups is 1. The summed E-state index contributed by atoms with van der Waals surface area (Å²) in [4.78, 5) is 24.1. The van der Waals surface area contributed by atoms with Gasteiger partial charge in [0.2, 0.25) is 11.8 Å². The number of hydrogen-bond acceptors (Lipinski definition) is 6. The molecule has 1 aliphatic rings. The smallest absolute Gasteiger partial charge is 0.238 e. The van der Waals surface area contributed by atoms with Gasteiger partial charge in [-0.15, -0.1) is 5.10 Å². The van der Waals surface area contributed by atoms with Crippen LogP contribution in [0.25, 0.3) is 0 Å². The summed E-state index contributed by atoms with van der Waals surface area (Å²) in [6.45, 7) is 0. The van der Waals surface area contributed by atoms with E-state index < -0.39 is 11.1 Å². The highest BCUT2D eigenvalue weighted by Gasteiger charge is 2.30. The molecule has 1 atom stereocenters. The Bertz CT molecular complexity index is 818. The van der Waals surface area contributed by atoms with Gasteiger partial charge in [0, 0.05) is 12.1 Å². The van der Waals surface area contributed by atoms with Crippen LogP contribution in [0.3, 0.4) is 0 Å². The Morgan fingerprint density at radius 2 is 2.16 bits per heavy atom. The second-order valence-corrected chi connectivity index (χ2v) is 6.21. The molecule has 1 aromatic carbocycles. The zero-order valence-electron chi connectivity index (χ0n) is 12.8. The Labute approximate surface area is 146 Å². The lowest BCUT2D eigenvalue weighted by Crippen LogP contribution is -2.41. The number of anilines is 1. The fourth-order valence-corrected chi connectivity index (χ4v) is 2.94. The Morgan fingerprint density at radius 1 is 1.36 bits per heavy atom. The van der Waals surface area contributed by atoms with Crippen LogP contribution in [0, 0.1) is 5.82 Å². The van der Waals surface area contributed by atoms with Crippen molar-refractivity contribution in [3.05, 3.63) is 54.2 Å². The molecule has 1 aromatic heterocycles. The van der Waals surface area contributed by atoms with E-state index in [2.05, 4.69) is 20.8 Å². The van der Waals surface area contributed by atoms with E-state index in [-0.39, 0.29) is 23.4 Å². The molecule has 2 amide bonds. The first kappa shape index (κ1) is 16.9. The van der Waals surface area contributed by atoms with E-state index in [1.54, 1.807) is 12.1 Å². The van der Waals surface area contributed by atoms with Gasteiger partial charge >= 0.3 is 0 Å². The molecular formula is C16H13FN4O3S. The number of nitrogens with one attached hydrogen (secondary N) is 2. The SMILES string of the molecule is O=C1C[C@@H](C(=O)Nc2ccc(F)cc2)SC(=N/N=C/c2ccco2)N1. The van der Waals surface area contributed by atoms with Gasteiger partial charge in [-0.25, -0.2) is 4.39 Å². The predicted octanol–water partition coefficient (Wildman–Crippen LogP) is 2.37. The third kappa shape index (κ3) is 4.77. The fourth-order valence-electron chi connectivity index (χ4n) is 2.00. The second kappa shape index (κ2) is 7.75. The van der Waals surface area contributed by atoms with Crippen molar-refractivity contribution in [3.8, 4) is 0 Å². The van der Waals surface area contributed by atoms with Gasteiger partial charge in [-0.2, -0.15) is 5.10 Å². The Kier molecular flexibility index (Phi) is 5.24. The van der Waals surface area contributed by atoms with Crippen LogP contribution >= 0.6 is 11.8 Å². The van der Waals surface area contributed by atoms with Gasteiger partial charge in [0.25, 0.3) is 0 Å². The molecule has 1 fully saturated rings. The van der Waals surface area contributed by atoms with Crippen molar-refractivity contribution in [2.24, 2.45) is 10.2 Å². The minimum atomic E-state index is -0.656. The van der Waals surface area contributed by atoms with Crippen LogP contribution < -0.4 is 10.6 Å². The summed E-state index contributed by atoms with van der Waals surface area (Å²) in [5, 5.41) is 12.5. The van der Waals surface area contributed by atoms with Crippen molar-refractivity contribution in [2.75, 3.05) is 5.32 Å². The number of hydrogen-bond donors (Lipinski definition) is 2. The second-order valence-electron chi connectivity index (χ2n) is 5.02. The standard InChI is InChI=1S/C16H13FN4O3S/c17-10-3-5-11(6-4-10)19-15(23)13-8-14(22)20-16(25-13)21-18-9-12-2-1-7-24-12/h1-7,9,13H,8H2,(H,19,23)(H,20,21,22)/b18-9+/t13-/m0/s1. The van der Waals surface area contributed by atoms with Crippen LogP contribution in [0.4, 0.5) is 10.1 Å². The van der Waals surface area contributed by atoms with Crippen LogP contribution in [-0.2, 0) is 9.59 Å². The lowest BCUT2D eigenvalue weighted by atomic mass is 10.2. The Hall–Kier alpha value is -2.94. The Morgan fingerprint density at radius 3 is 2.88 bits per heavy atom. The van der Waals surface area contributed by atoms with Crippen LogP contribution in [0.2, 0.25) is 0 Å². The average Bonchev–Trinajstić information content (AvgIpc) is 3.10. The Balaban J connectivity index is 1.64. The van der Waals surface area contributed by atoms with Crippen LogP contribution in [0.15, 0.2) is 57.3 Å². The normalized spacial score (nSPS) is 19.2. The van der Waals surface area contributed by atoms with Gasteiger partial charge in [-0.05, 0) is 36.4 Å². The van der Waals surface area contributed by atoms with Crippen molar-refractivity contribution >= 4 is 40.6 Å². The highest BCUT2D eigenvalue weighted by atomic mass is 32.2. The highest BCUT2D eigenvalue weighted by molar-refractivity contribution is 8.15. The van der Waals surface area contributed by atoms with Gasteiger partial charge in [0.15, 0.2) is 5.17 Å². The van der Waals surface area contributed by atoms with Gasteiger partial charge < -0.3 is 15.1 Å². The van der Waals surface area contributed by atoms with Crippen molar-refractivity contribution in [2.45, 2.75) is 11.7 Å². The first-order chi connectivity index (χ1) is 12.1. The third-order valence-corrected chi connectivity index (χ3v) is 4.22. The molecule has 25 heavy (non-hydrogen) atoms. The third-order valence-electron chi connectivity index (χ3n) is 3.15. The number of furan rings is 1. The summed E-state index contributed by atoms with van der Waals surface area (Å²) in [7, 11) is 0. The molecular weight excluding hydrogens is 347 g/mol. The van der Waals surface area contributed by atoms with E-state index in [0.717, 1.165) is 11.8 Å². The maximum absolute atomic E-state index is 12.9. The van der Waals surface area contributed by atoms with Crippen LogP contribution in [-0.4, -0.2) is 28.4 Å². The first-order valence-electron chi connectivity index (χ1n) is 7.27. The van der Waals surface area contributed by atoms with Gasteiger partial charge in [-0.1, -0.05) is 11.8 Å². The van der Waals surface area contributed by atoms with Gasteiger partial charge in [-0.3, -0.25) is 9.59 Å². The van der Waals surface area contributed by atoms with E-state index >= 15 is 0 Å². The number of nitrogens with zero attached hydrogens (tertiary/aromatic N) is 2. The van der Waals surface area contributed by atoms with E-state index in [1.165, 1.54) is 36.7 Å². The molecule has 1 saturated heterocycles. The summed E-state index contributed by atoms with van der Waals surface area (Å²) in [5.74, 6) is -0.575. The highest BCUT2D eigenvalue weighted by Crippen LogP contribution is 2.22. The van der Waals surface area contributed by atoms with Crippen molar-refractivity contribution < 1.29 is 18.4 Å². The lowest BCUT2D eigenvalue weighted by Gasteiger charge is -2.21. The number of carbonyl (C=O) groups is 2. The molecule has 7 nitrogen and oxygen atoms in total. The topological polar surface area (TPSA) is 96.1 Å². The zero-order valence-corrected chi connectivity index (χ0v) is 13.6. The zero-order chi connectivity index (χ0) is 17.6. The summed E-state index contributed by atoms with van der Waals surface area (Å²) in [6, 6.07) is 8.79. The molecule has 0 spiro atoms. The molecule has 2 heterocycles. The molecule has 128 valence electrons. The van der Waals surface area contributed by atoms with Crippen LogP contribution in [0.1, 0.15) is 12.2 Å². The minimum absolute atomic E-state index is 0.0125. The number of halogens is 1. The number of amides is 2. The van der Waals surface area contributed by atoms with E-state index in [9.17, 15) is 14.0 Å². The monoisotopic (exact) mass is 360 g/mol. The predicted molar refractivity (Wildman–Crippen MR) is 92.9 cm³/mol. The van der Waals surface area contributed by atoms with Crippen LogP contribution in [0.5, 0.6) is 0 Å². The molecule has 0 unspecified atom stereocenters. The number of carbonyl (C=O) groups excluding carboxylic acids is 2. The van der Waals surface area contributed by atoms with E-state index in [4.69, 9.17) is 4.42 Å². The van der Waals surface area contributed by atoms with E-state index in [0.29, 0.717) is 11.4 Å². The quantitative estimate of drug-likeness (QED) is 0.646. The first-order valence-corrected chi connectivity index (χ1v) is 8.15. The average molecular weight is 360 g/mol. The summed E-state index contributed by atoms with van der Waals surface area (Å²) in [5.41, 5.74) is 0.451. The number of benzene rings is 1. The minimum Gasteiger partial charge on any atom is -0.463 e. The van der Waals surface area contributed by atoms with Gasteiger partial charge in [0.1, 0.15) is 16.8 Å². The fraction of sp³-hybridized carbons (Fsp3) is 0.125. The molecule has 1 aliphatic heterocycles. The molecule has 9 heteroatoms. The maximum Gasteiger partial charge on any atom is 0.238 e. The molecule has 2 N–H and O–H groups in total. The lowest BCUT2D eigenvalue weighted by molar-refractivity contribution is -0.123. The molecule has 0 aliphatic carbocycles. The molecule has 2 aromatic rings. The summed E-state index contributed by atoms with van der Waals surface area (Å²) in [6.07, 6.45) is 2.90. The molecule has 0 radical (unpaired) electrons. The molecule has 0 bridgehead atoms. The maximum atomic E-state index is 12.9. The summed E-state index contributed by atoms with van der Waals surface area (Å²) < 4.78 is 18.0. The summed E-state index contributed by atoms with van der Waals surface area (Å²) >= 11 is 1.09. The van der Waals surface area contributed by atoms with Crippen molar-refractivity contribution in [1.29, 1.82) is 0 Å². The van der Waals surface area contributed by atoms with Crippen molar-refractivity contribution in [1.82, 2.24) is 5.32 Å². The molecule has 3 rings (SSSR count). The van der Waals surface area contributed by atoms with E-state index in [1.807, 2.05) is 0 Å². The van der Waals surface area contributed by atoms with Gasteiger partial charge in [0.05, 0.1) is 12.5 Å². The number of rotatable bonds is 4. The molecule has 0 saturated carbocycles. The largest absolute Gasteiger partial charge is 0.463 e.